The Morgan fingerprint density at radius 2 is 2.29 bits per heavy atom. The van der Waals surface area contributed by atoms with Crippen LogP contribution in [0.25, 0.3) is 11.5 Å². The molecular weight excluding hydrogens is 324 g/mol. The Kier molecular flexibility index (Phi) is 4.62. The average Bonchev–Trinajstić information content (AvgIpc) is 3.34. The van der Waals surface area contributed by atoms with Gasteiger partial charge in [-0.3, -0.25) is 9.69 Å². The number of thiophene rings is 1. The Bertz CT molecular complexity index is 685. The van der Waals surface area contributed by atoms with Crippen LogP contribution in [0.15, 0.2) is 21.2 Å². The molecule has 0 aliphatic carbocycles. The van der Waals surface area contributed by atoms with Gasteiger partial charge >= 0.3 is 0 Å². The van der Waals surface area contributed by atoms with Crippen molar-refractivity contribution in [1.29, 1.82) is 0 Å². The normalized spacial score (nSPS) is 24.0. The molecular formula is C17H22N4O2S. The van der Waals surface area contributed by atoms with Crippen molar-refractivity contribution in [2.24, 2.45) is 0 Å². The Morgan fingerprint density at radius 1 is 1.33 bits per heavy atom. The largest absolute Gasteiger partial charge is 0.421 e. The van der Waals surface area contributed by atoms with Gasteiger partial charge in [-0.15, -0.1) is 10.2 Å². The molecule has 0 aromatic carbocycles. The lowest BCUT2D eigenvalue weighted by atomic mass is 9.99. The Morgan fingerprint density at radius 3 is 3.17 bits per heavy atom. The van der Waals surface area contributed by atoms with Gasteiger partial charge in [0.1, 0.15) is 0 Å². The summed E-state index contributed by atoms with van der Waals surface area (Å²) in [7, 11) is 0. The van der Waals surface area contributed by atoms with E-state index in [1.165, 1.54) is 25.8 Å². The minimum atomic E-state index is 0.0858. The van der Waals surface area contributed by atoms with Crippen molar-refractivity contribution in [3.8, 4) is 11.5 Å². The molecule has 2 aliphatic heterocycles. The summed E-state index contributed by atoms with van der Waals surface area (Å²) in [6.07, 6.45) is 5.73. The number of hydrogen-bond acceptors (Lipinski definition) is 6. The van der Waals surface area contributed by atoms with Crippen LogP contribution in [0.5, 0.6) is 0 Å². The molecule has 2 saturated heterocycles. The van der Waals surface area contributed by atoms with Crippen molar-refractivity contribution in [3.63, 3.8) is 0 Å². The highest BCUT2D eigenvalue weighted by Crippen LogP contribution is 2.27. The summed E-state index contributed by atoms with van der Waals surface area (Å²) in [4.78, 5) is 14.8. The number of fused-ring (bicyclic) bond motifs is 1. The predicted molar refractivity (Wildman–Crippen MR) is 91.7 cm³/mol. The van der Waals surface area contributed by atoms with Gasteiger partial charge in [0.05, 0.1) is 0 Å². The van der Waals surface area contributed by atoms with Crippen LogP contribution in [-0.2, 0) is 11.2 Å². The second kappa shape index (κ2) is 7.03. The number of amides is 1. The summed E-state index contributed by atoms with van der Waals surface area (Å²) >= 11 is 1.59. The van der Waals surface area contributed by atoms with E-state index in [2.05, 4.69) is 20.4 Å². The number of aromatic nitrogens is 2. The molecule has 1 amide bonds. The number of nitrogens with zero attached hydrogens (tertiary/aromatic N) is 3. The molecule has 0 radical (unpaired) electrons. The van der Waals surface area contributed by atoms with Gasteiger partial charge in [-0.2, -0.15) is 11.3 Å². The number of carbonyl (C=O) groups excluding carboxylic acids is 1. The minimum absolute atomic E-state index is 0.0858. The molecule has 2 aromatic heterocycles. The zero-order chi connectivity index (χ0) is 16.4. The molecule has 2 atom stereocenters. The van der Waals surface area contributed by atoms with Crippen LogP contribution in [0.3, 0.4) is 0 Å². The predicted octanol–water partition coefficient (Wildman–Crippen LogP) is 2.47. The van der Waals surface area contributed by atoms with E-state index in [4.69, 9.17) is 4.42 Å². The summed E-state index contributed by atoms with van der Waals surface area (Å²) in [5.74, 6) is 1.14. The topological polar surface area (TPSA) is 71.3 Å². The standard InChI is InChI=1S/C17H22N4O2S/c22-15(18-13-6-9-21-8-2-1-3-14(13)21)4-5-16-19-20-17(23-16)12-7-10-24-11-12/h7,10-11,13-14H,1-6,8-9H2,(H,18,22)/t13-,14-/m1/s1. The van der Waals surface area contributed by atoms with E-state index >= 15 is 0 Å². The van der Waals surface area contributed by atoms with E-state index in [-0.39, 0.29) is 5.91 Å². The molecule has 4 rings (SSSR count). The van der Waals surface area contributed by atoms with Crippen molar-refractivity contribution >= 4 is 17.2 Å². The first kappa shape index (κ1) is 15.8. The maximum atomic E-state index is 12.3. The third-order valence-electron chi connectivity index (χ3n) is 5.00. The molecule has 4 heterocycles. The summed E-state index contributed by atoms with van der Waals surface area (Å²) in [5.41, 5.74) is 0.937. The summed E-state index contributed by atoms with van der Waals surface area (Å²) in [6.45, 7) is 2.30. The second-order valence-corrected chi connectivity index (χ2v) is 7.35. The molecule has 0 unspecified atom stereocenters. The summed E-state index contributed by atoms with van der Waals surface area (Å²) in [5, 5.41) is 15.2. The van der Waals surface area contributed by atoms with Crippen molar-refractivity contribution in [2.75, 3.05) is 13.1 Å². The van der Waals surface area contributed by atoms with Crippen LogP contribution in [0.1, 0.15) is 38.0 Å². The monoisotopic (exact) mass is 346 g/mol. The molecule has 128 valence electrons. The fourth-order valence-corrected chi connectivity index (χ4v) is 4.40. The fraction of sp³-hybridized carbons (Fsp3) is 0.588. The van der Waals surface area contributed by atoms with Crippen molar-refractivity contribution in [1.82, 2.24) is 20.4 Å². The molecule has 0 spiro atoms. The molecule has 0 saturated carbocycles. The Labute approximate surface area is 145 Å². The number of piperidine rings is 1. The number of aryl methyl sites for hydroxylation is 1. The summed E-state index contributed by atoms with van der Waals surface area (Å²) in [6, 6.07) is 2.79. The second-order valence-electron chi connectivity index (χ2n) is 6.57. The van der Waals surface area contributed by atoms with Crippen LogP contribution >= 0.6 is 11.3 Å². The third-order valence-corrected chi connectivity index (χ3v) is 5.69. The van der Waals surface area contributed by atoms with Gasteiger partial charge in [0, 0.05) is 42.4 Å². The van der Waals surface area contributed by atoms with Gasteiger partial charge in [0.25, 0.3) is 0 Å². The van der Waals surface area contributed by atoms with E-state index in [0.29, 0.717) is 36.7 Å². The lowest BCUT2D eigenvalue weighted by molar-refractivity contribution is -0.122. The first-order valence-electron chi connectivity index (χ1n) is 8.68. The average molecular weight is 346 g/mol. The number of rotatable bonds is 5. The zero-order valence-electron chi connectivity index (χ0n) is 13.6. The highest BCUT2D eigenvalue weighted by Gasteiger charge is 2.36. The van der Waals surface area contributed by atoms with Crippen molar-refractivity contribution in [2.45, 2.75) is 50.6 Å². The van der Waals surface area contributed by atoms with Crippen LogP contribution < -0.4 is 5.32 Å². The van der Waals surface area contributed by atoms with Gasteiger partial charge < -0.3 is 9.73 Å². The van der Waals surface area contributed by atoms with E-state index in [9.17, 15) is 4.79 Å². The van der Waals surface area contributed by atoms with E-state index in [1.807, 2.05) is 16.8 Å². The molecule has 2 aliphatic rings. The highest BCUT2D eigenvalue weighted by molar-refractivity contribution is 7.08. The van der Waals surface area contributed by atoms with Gasteiger partial charge in [-0.25, -0.2) is 0 Å². The van der Waals surface area contributed by atoms with Crippen molar-refractivity contribution < 1.29 is 9.21 Å². The van der Waals surface area contributed by atoms with Crippen LogP contribution in [0, 0.1) is 0 Å². The van der Waals surface area contributed by atoms with Crippen LogP contribution in [0.2, 0.25) is 0 Å². The SMILES string of the molecule is O=C(CCc1nnc(-c2ccsc2)o1)N[C@@H]1CCN2CCCC[C@H]12. The van der Waals surface area contributed by atoms with E-state index in [1.54, 1.807) is 11.3 Å². The molecule has 2 fully saturated rings. The lowest BCUT2D eigenvalue weighted by Crippen LogP contribution is -2.46. The molecule has 1 N–H and O–H groups in total. The minimum Gasteiger partial charge on any atom is -0.421 e. The lowest BCUT2D eigenvalue weighted by Gasteiger charge is -2.32. The van der Waals surface area contributed by atoms with E-state index in [0.717, 1.165) is 18.5 Å². The first-order chi connectivity index (χ1) is 11.8. The maximum absolute atomic E-state index is 12.3. The highest BCUT2D eigenvalue weighted by atomic mass is 32.1. The zero-order valence-corrected chi connectivity index (χ0v) is 14.4. The molecule has 24 heavy (non-hydrogen) atoms. The molecule has 7 heteroatoms. The summed E-state index contributed by atoms with van der Waals surface area (Å²) < 4.78 is 5.63. The molecule has 2 aromatic rings. The first-order valence-corrected chi connectivity index (χ1v) is 9.62. The van der Waals surface area contributed by atoms with Crippen LogP contribution in [0.4, 0.5) is 0 Å². The van der Waals surface area contributed by atoms with Crippen molar-refractivity contribution in [3.05, 3.63) is 22.7 Å². The number of carbonyl (C=O) groups is 1. The quantitative estimate of drug-likeness (QED) is 0.900. The smallest absolute Gasteiger partial charge is 0.248 e. The Hall–Kier alpha value is -1.73. The third kappa shape index (κ3) is 3.37. The number of hydrogen-bond donors (Lipinski definition) is 1. The molecule has 0 bridgehead atoms. The Balaban J connectivity index is 1.28. The fourth-order valence-electron chi connectivity index (χ4n) is 3.77. The number of nitrogens with one attached hydrogen (secondary N) is 1. The van der Waals surface area contributed by atoms with Gasteiger partial charge in [0.2, 0.25) is 17.7 Å². The van der Waals surface area contributed by atoms with Gasteiger partial charge in [-0.05, 0) is 37.3 Å². The van der Waals surface area contributed by atoms with E-state index < -0.39 is 0 Å². The maximum Gasteiger partial charge on any atom is 0.248 e. The molecule has 6 nitrogen and oxygen atoms in total. The van der Waals surface area contributed by atoms with Gasteiger partial charge in [0.15, 0.2) is 0 Å². The van der Waals surface area contributed by atoms with Crippen LogP contribution in [-0.4, -0.2) is 46.2 Å². The van der Waals surface area contributed by atoms with Gasteiger partial charge in [-0.1, -0.05) is 6.42 Å².